The van der Waals surface area contributed by atoms with Gasteiger partial charge >= 0.3 is 0 Å². The van der Waals surface area contributed by atoms with Gasteiger partial charge in [-0.05, 0) is 31.6 Å². The second-order valence-corrected chi connectivity index (χ2v) is 4.64. The maximum atomic E-state index is 4.14. The lowest BCUT2D eigenvalue weighted by atomic mass is 9.96. The van der Waals surface area contributed by atoms with Crippen LogP contribution in [0.5, 0.6) is 0 Å². The molecule has 0 saturated carbocycles. The van der Waals surface area contributed by atoms with E-state index in [1.54, 1.807) is 0 Å². The molecular weight excluding hydrogens is 168 g/mol. The molecule has 0 spiro atoms. The van der Waals surface area contributed by atoms with Crippen molar-refractivity contribution in [2.24, 2.45) is 5.92 Å². The summed E-state index contributed by atoms with van der Waals surface area (Å²) in [5.74, 6) is 0.916. The first kappa shape index (κ1) is 13.7. The van der Waals surface area contributed by atoms with Crippen LogP contribution < -0.4 is 0 Å². The molecule has 0 saturated heterocycles. The van der Waals surface area contributed by atoms with Crippen LogP contribution in [0.2, 0.25) is 0 Å². The summed E-state index contributed by atoms with van der Waals surface area (Å²) in [6.07, 6.45) is 10.6. The number of unbranched alkanes of at least 4 members (excludes halogenated alkanes) is 1. The van der Waals surface area contributed by atoms with Crippen molar-refractivity contribution in [3.05, 3.63) is 12.2 Å². The van der Waals surface area contributed by atoms with Crippen LogP contribution in [0.25, 0.3) is 0 Å². The highest BCUT2D eigenvalue weighted by atomic mass is 14.1. The van der Waals surface area contributed by atoms with Crippen molar-refractivity contribution in [3.63, 3.8) is 0 Å². The maximum Gasteiger partial charge on any atom is -0.0323 e. The van der Waals surface area contributed by atoms with Gasteiger partial charge < -0.3 is 0 Å². The first-order valence-corrected chi connectivity index (χ1v) is 6.37. The number of hydrogen-bond donors (Lipinski definition) is 0. The maximum absolute atomic E-state index is 4.14. The highest BCUT2D eigenvalue weighted by molar-refractivity contribution is 4.93. The van der Waals surface area contributed by atoms with Crippen LogP contribution in [0.4, 0.5) is 0 Å². The third kappa shape index (κ3) is 8.34. The van der Waals surface area contributed by atoms with Gasteiger partial charge in [0, 0.05) is 0 Å². The van der Waals surface area contributed by atoms with E-state index in [9.17, 15) is 0 Å². The summed E-state index contributed by atoms with van der Waals surface area (Å²) >= 11 is 0. The molecule has 0 heterocycles. The fourth-order valence-corrected chi connectivity index (χ4v) is 1.89. The van der Waals surface area contributed by atoms with E-state index in [0.29, 0.717) is 0 Å². The first-order chi connectivity index (χ1) is 6.70. The van der Waals surface area contributed by atoms with Gasteiger partial charge in [0.2, 0.25) is 0 Å². The summed E-state index contributed by atoms with van der Waals surface area (Å²) < 4.78 is 0. The second kappa shape index (κ2) is 9.30. The Balaban J connectivity index is 3.30. The minimum atomic E-state index is 0.916. The average molecular weight is 196 g/mol. The van der Waals surface area contributed by atoms with Crippen LogP contribution in [0, 0.1) is 5.92 Å². The van der Waals surface area contributed by atoms with E-state index in [1.165, 1.54) is 56.9 Å². The molecule has 0 bridgehead atoms. The summed E-state index contributed by atoms with van der Waals surface area (Å²) in [6.45, 7) is 11.0. The lowest BCUT2D eigenvalue weighted by Crippen LogP contribution is -1.94. The third-order valence-corrected chi connectivity index (χ3v) is 2.89. The van der Waals surface area contributed by atoms with E-state index in [-0.39, 0.29) is 0 Å². The van der Waals surface area contributed by atoms with Crippen LogP contribution in [0.15, 0.2) is 12.2 Å². The number of hydrogen-bond acceptors (Lipinski definition) is 0. The predicted octanol–water partition coefficient (Wildman–Crippen LogP) is 5.34. The quantitative estimate of drug-likeness (QED) is 0.437. The van der Waals surface area contributed by atoms with Gasteiger partial charge in [0.25, 0.3) is 0 Å². The topological polar surface area (TPSA) is 0 Å². The minimum Gasteiger partial charge on any atom is -0.0999 e. The third-order valence-electron chi connectivity index (χ3n) is 2.89. The largest absolute Gasteiger partial charge is 0.0999 e. The molecule has 1 unspecified atom stereocenters. The number of allylic oxidation sites excluding steroid dienone is 1. The molecule has 0 nitrogen and oxygen atoms in total. The molecule has 0 aromatic heterocycles. The van der Waals surface area contributed by atoms with Crippen LogP contribution in [-0.2, 0) is 0 Å². The second-order valence-electron chi connectivity index (χ2n) is 4.64. The number of rotatable bonds is 9. The van der Waals surface area contributed by atoms with Gasteiger partial charge in [-0.15, -0.1) is 0 Å². The van der Waals surface area contributed by atoms with Crippen molar-refractivity contribution in [1.29, 1.82) is 0 Å². The summed E-state index contributed by atoms with van der Waals surface area (Å²) in [5.41, 5.74) is 1.47. The molecule has 0 aliphatic rings. The fourth-order valence-electron chi connectivity index (χ4n) is 1.89. The zero-order valence-electron chi connectivity index (χ0n) is 10.4. The van der Waals surface area contributed by atoms with Gasteiger partial charge in [-0.1, -0.05) is 58.6 Å². The summed E-state index contributed by atoms with van der Waals surface area (Å²) in [5, 5.41) is 0. The lowest BCUT2D eigenvalue weighted by molar-refractivity contribution is 0.467. The molecule has 0 aliphatic carbocycles. The summed E-state index contributed by atoms with van der Waals surface area (Å²) in [7, 11) is 0. The monoisotopic (exact) mass is 196 g/mol. The Morgan fingerprint density at radius 1 is 1.00 bits per heavy atom. The molecular formula is C14H28. The van der Waals surface area contributed by atoms with E-state index >= 15 is 0 Å². The smallest absolute Gasteiger partial charge is 0.0323 e. The molecule has 0 heteroatoms. The van der Waals surface area contributed by atoms with Gasteiger partial charge in [0.05, 0.1) is 0 Å². The molecule has 0 rings (SSSR count). The molecule has 0 aromatic rings. The van der Waals surface area contributed by atoms with E-state index in [0.717, 1.165) is 5.92 Å². The lowest BCUT2D eigenvalue weighted by Gasteiger charge is -2.10. The van der Waals surface area contributed by atoms with Gasteiger partial charge in [0.15, 0.2) is 0 Å². The highest BCUT2D eigenvalue weighted by Crippen LogP contribution is 2.18. The van der Waals surface area contributed by atoms with Crippen molar-refractivity contribution in [1.82, 2.24) is 0 Å². The van der Waals surface area contributed by atoms with Crippen molar-refractivity contribution in [2.45, 2.75) is 72.1 Å². The van der Waals surface area contributed by atoms with E-state index in [2.05, 4.69) is 27.4 Å². The van der Waals surface area contributed by atoms with E-state index < -0.39 is 0 Å². The normalized spacial score (nSPS) is 12.8. The van der Waals surface area contributed by atoms with E-state index in [4.69, 9.17) is 0 Å². The molecule has 14 heavy (non-hydrogen) atoms. The van der Waals surface area contributed by atoms with Crippen molar-refractivity contribution in [3.8, 4) is 0 Å². The van der Waals surface area contributed by atoms with Crippen LogP contribution in [0.1, 0.15) is 72.1 Å². The Hall–Kier alpha value is -0.260. The van der Waals surface area contributed by atoms with Gasteiger partial charge in [-0.25, -0.2) is 0 Å². The van der Waals surface area contributed by atoms with Crippen molar-refractivity contribution < 1.29 is 0 Å². The predicted molar refractivity (Wildman–Crippen MR) is 66.6 cm³/mol. The van der Waals surface area contributed by atoms with Crippen LogP contribution in [-0.4, -0.2) is 0 Å². The molecule has 1 atom stereocenters. The summed E-state index contributed by atoms with van der Waals surface area (Å²) in [6, 6.07) is 0. The summed E-state index contributed by atoms with van der Waals surface area (Å²) in [4.78, 5) is 0. The van der Waals surface area contributed by atoms with E-state index in [1.807, 2.05) is 0 Å². The zero-order valence-corrected chi connectivity index (χ0v) is 10.4. The first-order valence-electron chi connectivity index (χ1n) is 6.37. The van der Waals surface area contributed by atoms with Crippen LogP contribution >= 0.6 is 0 Å². The SMILES string of the molecule is C=C(CCCC)CCCC(C)CCC. The Bertz CT molecular complexity index is 135. The zero-order chi connectivity index (χ0) is 10.8. The van der Waals surface area contributed by atoms with Crippen LogP contribution in [0.3, 0.4) is 0 Å². The van der Waals surface area contributed by atoms with Gasteiger partial charge in [0.1, 0.15) is 0 Å². The molecule has 84 valence electrons. The van der Waals surface area contributed by atoms with Gasteiger partial charge in [-0.2, -0.15) is 0 Å². The fraction of sp³-hybridized carbons (Fsp3) is 0.857. The Labute approximate surface area is 90.8 Å². The Morgan fingerprint density at radius 3 is 2.21 bits per heavy atom. The Morgan fingerprint density at radius 2 is 1.64 bits per heavy atom. The molecule has 0 fully saturated rings. The molecule has 0 aliphatic heterocycles. The van der Waals surface area contributed by atoms with Crippen molar-refractivity contribution in [2.75, 3.05) is 0 Å². The Kier molecular flexibility index (Phi) is 9.13. The molecule has 0 aromatic carbocycles. The molecule has 0 amide bonds. The molecule has 0 radical (unpaired) electrons. The molecule has 0 N–H and O–H groups in total. The standard InChI is InChI=1S/C14H28/c1-5-7-10-14(4)12-8-11-13(3)9-6-2/h13H,4-12H2,1-3H3. The minimum absolute atomic E-state index is 0.916. The highest BCUT2D eigenvalue weighted by Gasteiger charge is 2.01. The van der Waals surface area contributed by atoms with Gasteiger partial charge in [-0.3, -0.25) is 0 Å². The average Bonchev–Trinajstić information content (AvgIpc) is 2.15. The van der Waals surface area contributed by atoms with Crippen molar-refractivity contribution >= 4 is 0 Å².